The van der Waals surface area contributed by atoms with Gasteiger partial charge in [0.1, 0.15) is 5.78 Å². The maximum atomic E-state index is 11.6. The van der Waals surface area contributed by atoms with E-state index in [9.17, 15) is 4.79 Å². The van der Waals surface area contributed by atoms with E-state index in [2.05, 4.69) is 12.2 Å². The fraction of sp³-hybridized carbons (Fsp3) is 0.909. The molecule has 2 nitrogen and oxygen atoms in total. The third-order valence-electron chi connectivity index (χ3n) is 3.09. The van der Waals surface area contributed by atoms with Gasteiger partial charge in [0.15, 0.2) is 0 Å². The molecule has 0 amide bonds. The summed E-state index contributed by atoms with van der Waals surface area (Å²) in [4.78, 5) is 11.6. The summed E-state index contributed by atoms with van der Waals surface area (Å²) >= 11 is 0. The minimum absolute atomic E-state index is 0.340. The van der Waals surface area contributed by atoms with Crippen molar-refractivity contribution in [2.24, 2.45) is 11.8 Å². The predicted molar refractivity (Wildman–Crippen MR) is 54.7 cm³/mol. The lowest BCUT2D eigenvalue weighted by atomic mass is 9.82. The van der Waals surface area contributed by atoms with Crippen LogP contribution in [0.25, 0.3) is 0 Å². The van der Waals surface area contributed by atoms with Crippen molar-refractivity contribution in [3.05, 3.63) is 0 Å². The van der Waals surface area contributed by atoms with Gasteiger partial charge in [-0.15, -0.1) is 0 Å². The molecule has 0 aromatic heterocycles. The normalized spacial score (nSPS) is 30.6. The predicted octanol–water partition coefficient (Wildman–Crippen LogP) is 1.99. The fourth-order valence-corrected chi connectivity index (χ4v) is 2.13. The van der Waals surface area contributed by atoms with Crippen LogP contribution in [0, 0.1) is 11.8 Å². The number of ketones is 1. The molecule has 1 rings (SSSR count). The van der Waals surface area contributed by atoms with Crippen LogP contribution in [0.4, 0.5) is 0 Å². The van der Waals surface area contributed by atoms with Gasteiger partial charge in [0.25, 0.3) is 0 Å². The Morgan fingerprint density at radius 2 is 2.15 bits per heavy atom. The van der Waals surface area contributed by atoms with Crippen LogP contribution >= 0.6 is 0 Å². The zero-order valence-electron chi connectivity index (χ0n) is 8.81. The Morgan fingerprint density at radius 3 is 2.85 bits per heavy atom. The molecule has 2 unspecified atom stereocenters. The van der Waals surface area contributed by atoms with Crippen LogP contribution in [0.15, 0.2) is 0 Å². The first-order chi connectivity index (χ1) is 6.25. The van der Waals surface area contributed by atoms with Crippen LogP contribution in [0.5, 0.6) is 0 Å². The first kappa shape index (κ1) is 10.7. The van der Waals surface area contributed by atoms with Gasteiger partial charge in [-0.25, -0.2) is 0 Å². The molecule has 1 fully saturated rings. The molecule has 0 bridgehead atoms. The molecule has 1 heterocycles. The number of carbonyl (C=O) groups is 1. The highest BCUT2D eigenvalue weighted by Gasteiger charge is 2.23. The topological polar surface area (TPSA) is 29.1 Å². The number of hydrogen-bond donors (Lipinski definition) is 1. The Bertz CT molecular complexity index is 167. The molecule has 1 saturated heterocycles. The van der Waals surface area contributed by atoms with E-state index in [-0.39, 0.29) is 0 Å². The fourth-order valence-electron chi connectivity index (χ4n) is 2.13. The maximum Gasteiger partial charge on any atom is 0.135 e. The molecule has 1 aliphatic rings. The lowest BCUT2D eigenvalue weighted by molar-refractivity contribution is -0.124. The van der Waals surface area contributed by atoms with Gasteiger partial charge in [0.2, 0.25) is 0 Å². The quantitative estimate of drug-likeness (QED) is 0.709. The average molecular weight is 183 g/mol. The molecule has 0 aromatic rings. The zero-order valence-corrected chi connectivity index (χ0v) is 8.81. The van der Waals surface area contributed by atoms with Crippen molar-refractivity contribution in [3.63, 3.8) is 0 Å². The molecule has 1 aliphatic heterocycles. The van der Waals surface area contributed by atoms with E-state index in [4.69, 9.17) is 0 Å². The lowest BCUT2D eigenvalue weighted by Gasteiger charge is -2.25. The Balaban J connectivity index is 2.50. The van der Waals surface area contributed by atoms with Crippen molar-refractivity contribution in [3.8, 4) is 0 Å². The van der Waals surface area contributed by atoms with Crippen molar-refractivity contribution >= 4 is 5.78 Å². The summed E-state index contributed by atoms with van der Waals surface area (Å²) in [7, 11) is 0. The van der Waals surface area contributed by atoms with Crippen LogP contribution < -0.4 is 5.32 Å². The van der Waals surface area contributed by atoms with E-state index in [0.717, 1.165) is 32.4 Å². The second-order valence-corrected chi connectivity index (χ2v) is 4.08. The minimum atomic E-state index is 0.340. The standard InChI is InChI=1S/C11H21NO/c1-3-11(13)10-5-4-7-12-8-6-9(10)2/h9-10,12H,3-8H2,1-2H3. The Kier molecular flexibility index (Phi) is 4.43. The van der Waals surface area contributed by atoms with E-state index < -0.39 is 0 Å². The molecule has 2 heteroatoms. The summed E-state index contributed by atoms with van der Waals surface area (Å²) in [6.07, 6.45) is 4.10. The summed E-state index contributed by atoms with van der Waals surface area (Å²) in [6, 6.07) is 0. The van der Waals surface area contributed by atoms with E-state index in [1.807, 2.05) is 6.92 Å². The van der Waals surface area contributed by atoms with Gasteiger partial charge in [-0.1, -0.05) is 13.8 Å². The number of Topliss-reactive ketones (excluding diaryl/α,β-unsaturated/α-hetero) is 1. The van der Waals surface area contributed by atoms with E-state index in [0.29, 0.717) is 24.0 Å². The zero-order chi connectivity index (χ0) is 9.68. The molecule has 0 aromatic carbocycles. The number of hydrogen-bond acceptors (Lipinski definition) is 2. The third-order valence-corrected chi connectivity index (χ3v) is 3.09. The van der Waals surface area contributed by atoms with Gasteiger partial charge in [-0.3, -0.25) is 4.79 Å². The first-order valence-electron chi connectivity index (χ1n) is 5.49. The highest BCUT2D eigenvalue weighted by molar-refractivity contribution is 5.80. The molecule has 0 aliphatic carbocycles. The maximum absolute atomic E-state index is 11.6. The van der Waals surface area contributed by atoms with Crippen LogP contribution in [0.1, 0.15) is 39.5 Å². The smallest absolute Gasteiger partial charge is 0.135 e. The summed E-state index contributed by atoms with van der Waals surface area (Å²) < 4.78 is 0. The van der Waals surface area contributed by atoms with Crippen LogP contribution in [0.3, 0.4) is 0 Å². The average Bonchev–Trinajstić information content (AvgIpc) is 2.11. The van der Waals surface area contributed by atoms with E-state index >= 15 is 0 Å². The first-order valence-corrected chi connectivity index (χ1v) is 5.49. The Morgan fingerprint density at radius 1 is 1.38 bits per heavy atom. The molecule has 2 atom stereocenters. The molecule has 1 N–H and O–H groups in total. The van der Waals surface area contributed by atoms with Crippen molar-refractivity contribution in [2.45, 2.75) is 39.5 Å². The number of carbonyl (C=O) groups excluding carboxylic acids is 1. The molecule has 13 heavy (non-hydrogen) atoms. The molecule has 0 radical (unpaired) electrons. The van der Waals surface area contributed by atoms with Crippen molar-refractivity contribution in [1.82, 2.24) is 5.32 Å². The summed E-state index contributed by atoms with van der Waals surface area (Å²) in [5.41, 5.74) is 0. The minimum Gasteiger partial charge on any atom is -0.317 e. The largest absolute Gasteiger partial charge is 0.317 e. The highest BCUT2D eigenvalue weighted by Crippen LogP contribution is 2.23. The summed E-state index contributed by atoms with van der Waals surface area (Å²) in [6.45, 7) is 6.35. The second-order valence-electron chi connectivity index (χ2n) is 4.08. The van der Waals surface area contributed by atoms with Gasteiger partial charge >= 0.3 is 0 Å². The van der Waals surface area contributed by atoms with Gasteiger partial charge < -0.3 is 5.32 Å². The molecular formula is C11H21NO. The number of rotatable bonds is 2. The van der Waals surface area contributed by atoms with Crippen molar-refractivity contribution in [2.75, 3.05) is 13.1 Å². The van der Waals surface area contributed by atoms with Crippen LogP contribution in [-0.2, 0) is 4.79 Å². The molecule has 76 valence electrons. The van der Waals surface area contributed by atoms with Gasteiger partial charge in [-0.2, -0.15) is 0 Å². The van der Waals surface area contributed by atoms with E-state index in [1.54, 1.807) is 0 Å². The molecular weight excluding hydrogens is 162 g/mol. The van der Waals surface area contributed by atoms with E-state index in [1.165, 1.54) is 0 Å². The SMILES string of the molecule is CCC(=O)C1CCCNCCC1C. The molecule has 0 spiro atoms. The van der Waals surface area contributed by atoms with Gasteiger partial charge in [0.05, 0.1) is 0 Å². The van der Waals surface area contributed by atoms with Gasteiger partial charge in [-0.05, 0) is 38.3 Å². The summed E-state index contributed by atoms with van der Waals surface area (Å²) in [5, 5.41) is 3.38. The Labute approximate surface area is 81.1 Å². The molecule has 0 saturated carbocycles. The number of nitrogens with one attached hydrogen (secondary N) is 1. The van der Waals surface area contributed by atoms with Crippen molar-refractivity contribution < 1.29 is 4.79 Å². The van der Waals surface area contributed by atoms with Gasteiger partial charge in [0, 0.05) is 12.3 Å². The van der Waals surface area contributed by atoms with Crippen molar-refractivity contribution in [1.29, 1.82) is 0 Å². The van der Waals surface area contributed by atoms with Crippen LogP contribution in [0.2, 0.25) is 0 Å². The summed E-state index contributed by atoms with van der Waals surface area (Å²) in [5.74, 6) is 1.38. The van der Waals surface area contributed by atoms with Crippen LogP contribution in [-0.4, -0.2) is 18.9 Å². The third kappa shape index (κ3) is 3.11. The Hall–Kier alpha value is -0.370. The highest BCUT2D eigenvalue weighted by atomic mass is 16.1. The second kappa shape index (κ2) is 5.38. The lowest BCUT2D eigenvalue weighted by Crippen LogP contribution is -2.30. The monoisotopic (exact) mass is 183 g/mol.